The largest absolute Gasteiger partial charge is 0.357 e. The van der Waals surface area contributed by atoms with Crippen molar-refractivity contribution in [3.63, 3.8) is 0 Å². The second kappa shape index (κ2) is 9.12. The van der Waals surface area contributed by atoms with Crippen molar-refractivity contribution in [3.8, 4) is 0 Å². The lowest BCUT2D eigenvalue weighted by Crippen LogP contribution is -2.45. The Morgan fingerprint density at radius 2 is 2.00 bits per heavy atom. The molecule has 3 fully saturated rings. The normalized spacial score (nSPS) is 29.1. The molecule has 2 unspecified atom stereocenters. The number of sulfonamides is 1. The van der Waals surface area contributed by atoms with Gasteiger partial charge in [0.1, 0.15) is 0 Å². The molecule has 0 aromatic carbocycles. The molecule has 3 rings (SSSR count). The quantitative estimate of drug-likeness (QED) is 0.477. The topological polar surface area (TPSA) is 77.0 Å². The first-order chi connectivity index (χ1) is 12.5. The minimum absolute atomic E-state index is 0.0868. The Kier molecular flexibility index (Phi) is 7.10. The lowest BCUT2D eigenvalue weighted by atomic mass is 10.2. The van der Waals surface area contributed by atoms with Crippen LogP contribution in [0, 0.1) is 0 Å². The van der Waals surface area contributed by atoms with Crippen LogP contribution in [-0.4, -0.2) is 91.7 Å². The summed E-state index contributed by atoms with van der Waals surface area (Å²) in [5.41, 5.74) is 0. The van der Waals surface area contributed by atoms with Crippen molar-refractivity contribution in [1.82, 2.24) is 19.8 Å². The van der Waals surface area contributed by atoms with E-state index in [-0.39, 0.29) is 5.75 Å². The summed E-state index contributed by atoms with van der Waals surface area (Å²) in [6.07, 6.45) is 3.78. The minimum atomic E-state index is -3.19. The van der Waals surface area contributed by atoms with Crippen molar-refractivity contribution in [2.45, 2.75) is 51.2 Å². The first-order valence-electron chi connectivity index (χ1n) is 9.85. The Morgan fingerprint density at radius 1 is 1.27 bits per heavy atom. The predicted molar refractivity (Wildman–Crippen MR) is 109 cm³/mol. The molecule has 0 aromatic heterocycles. The zero-order chi connectivity index (χ0) is 18.6. The fraction of sp³-hybridized carbons (Fsp3) is 0.941. The van der Waals surface area contributed by atoms with Gasteiger partial charge in [0.2, 0.25) is 10.0 Å². The zero-order valence-electron chi connectivity index (χ0n) is 16.0. The van der Waals surface area contributed by atoms with Crippen molar-refractivity contribution < 1.29 is 8.42 Å². The summed E-state index contributed by atoms with van der Waals surface area (Å²) in [7, 11) is -3.19. The monoisotopic (exact) mass is 403 g/mol. The van der Waals surface area contributed by atoms with Crippen LogP contribution in [0.5, 0.6) is 0 Å². The second-order valence-electron chi connectivity index (χ2n) is 7.44. The van der Waals surface area contributed by atoms with Crippen LogP contribution in [0.15, 0.2) is 4.99 Å². The van der Waals surface area contributed by atoms with E-state index in [4.69, 9.17) is 0 Å². The Morgan fingerprint density at radius 3 is 2.65 bits per heavy atom. The van der Waals surface area contributed by atoms with Crippen molar-refractivity contribution in [2.75, 3.05) is 50.0 Å². The average Bonchev–Trinajstić information content (AvgIpc) is 3.39. The number of hydrogen-bond donors (Lipinski definition) is 2. The SMILES string of the molecule is CCNC(=NCCS(=O)(=O)N1CCSCC1)NC1CC(C)N(C2CC2)C1. The van der Waals surface area contributed by atoms with E-state index in [0.29, 0.717) is 31.7 Å². The van der Waals surface area contributed by atoms with Gasteiger partial charge in [0.05, 0.1) is 12.3 Å². The third-order valence-electron chi connectivity index (χ3n) is 5.31. The Balaban J connectivity index is 1.50. The molecule has 3 aliphatic rings. The number of likely N-dealkylation sites (tertiary alicyclic amines) is 1. The van der Waals surface area contributed by atoms with Gasteiger partial charge in [-0.25, -0.2) is 12.7 Å². The van der Waals surface area contributed by atoms with Crippen LogP contribution in [0.4, 0.5) is 0 Å². The fourth-order valence-corrected chi connectivity index (χ4v) is 6.27. The maximum absolute atomic E-state index is 12.4. The van der Waals surface area contributed by atoms with Gasteiger partial charge in [0.25, 0.3) is 0 Å². The summed E-state index contributed by atoms with van der Waals surface area (Å²) < 4.78 is 26.5. The molecule has 0 spiro atoms. The van der Waals surface area contributed by atoms with Crippen LogP contribution >= 0.6 is 11.8 Å². The van der Waals surface area contributed by atoms with Gasteiger partial charge in [-0.1, -0.05) is 0 Å². The first-order valence-corrected chi connectivity index (χ1v) is 12.6. The molecule has 2 atom stereocenters. The summed E-state index contributed by atoms with van der Waals surface area (Å²) in [4.78, 5) is 7.13. The van der Waals surface area contributed by atoms with Gasteiger partial charge in [-0.3, -0.25) is 9.89 Å². The predicted octanol–water partition coefficient (Wildman–Crippen LogP) is 0.545. The smallest absolute Gasteiger partial charge is 0.215 e. The van der Waals surface area contributed by atoms with Gasteiger partial charge in [-0.2, -0.15) is 11.8 Å². The first kappa shape index (κ1) is 20.2. The Labute approximate surface area is 162 Å². The lowest BCUT2D eigenvalue weighted by molar-refractivity contribution is 0.256. The van der Waals surface area contributed by atoms with Crippen LogP contribution < -0.4 is 10.6 Å². The van der Waals surface area contributed by atoms with E-state index in [1.54, 1.807) is 4.31 Å². The summed E-state index contributed by atoms with van der Waals surface area (Å²) in [5, 5.41) is 6.77. The van der Waals surface area contributed by atoms with Crippen LogP contribution in [0.25, 0.3) is 0 Å². The molecular weight excluding hydrogens is 370 g/mol. The molecule has 0 amide bonds. The van der Waals surface area contributed by atoms with Crippen molar-refractivity contribution >= 4 is 27.7 Å². The van der Waals surface area contributed by atoms with Gasteiger partial charge in [-0.15, -0.1) is 0 Å². The number of hydrogen-bond acceptors (Lipinski definition) is 5. The van der Waals surface area contributed by atoms with Gasteiger partial charge < -0.3 is 10.6 Å². The average molecular weight is 404 g/mol. The van der Waals surface area contributed by atoms with E-state index in [0.717, 1.165) is 43.0 Å². The highest BCUT2D eigenvalue weighted by Crippen LogP contribution is 2.33. The van der Waals surface area contributed by atoms with Gasteiger partial charge in [0, 0.05) is 55.8 Å². The molecule has 2 saturated heterocycles. The van der Waals surface area contributed by atoms with E-state index < -0.39 is 10.0 Å². The molecule has 2 heterocycles. The van der Waals surface area contributed by atoms with Crippen LogP contribution in [0.1, 0.15) is 33.1 Å². The molecule has 150 valence electrons. The highest BCUT2D eigenvalue weighted by molar-refractivity contribution is 7.99. The summed E-state index contributed by atoms with van der Waals surface area (Å²) in [5.74, 6) is 2.61. The minimum Gasteiger partial charge on any atom is -0.357 e. The number of thioether (sulfide) groups is 1. The van der Waals surface area contributed by atoms with Crippen molar-refractivity contribution in [3.05, 3.63) is 0 Å². The third kappa shape index (κ3) is 5.50. The summed E-state index contributed by atoms with van der Waals surface area (Å²) in [6.45, 7) is 7.73. The molecule has 9 heteroatoms. The van der Waals surface area contributed by atoms with Gasteiger partial charge in [-0.05, 0) is 33.1 Å². The molecule has 0 aromatic rings. The maximum Gasteiger partial charge on any atom is 0.215 e. The van der Waals surface area contributed by atoms with E-state index >= 15 is 0 Å². The zero-order valence-corrected chi connectivity index (χ0v) is 17.6. The molecular formula is C17H33N5O2S2. The maximum atomic E-state index is 12.4. The highest BCUT2D eigenvalue weighted by Gasteiger charge is 2.38. The van der Waals surface area contributed by atoms with Crippen molar-refractivity contribution in [2.24, 2.45) is 4.99 Å². The molecule has 1 aliphatic carbocycles. The number of nitrogens with zero attached hydrogens (tertiary/aromatic N) is 3. The molecule has 2 aliphatic heterocycles. The molecule has 0 radical (unpaired) electrons. The van der Waals surface area contributed by atoms with E-state index in [1.165, 1.54) is 12.8 Å². The van der Waals surface area contributed by atoms with Gasteiger partial charge >= 0.3 is 0 Å². The van der Waals surface area contributed by atoms with Crippen LogP contribution in [0.3, 0.4) is 0 Å². The molecule has 2 N–H and O–H groups in total. The van der Waals surface area contributed by atoms with E-state index in [1.807, 2.05) is 18.7 Å². The molecule has 7 nitrogen and oxygen atoms in total. The van der Waals surface area contributed by atoms with E-state index in [9.17, 15) is 8.42 Å². The van der Waals surface area contributed by atoms with Crippen LogP contribution in [0.2, 0.25) is 0 Å². The van der Waals surface area contributed by atoms with Gasteiger partial charge in [0.15, 0.2) is 5.96 Å². The van der Waals surface area contributed by atoms with Crippen molar-refractivity contribution in [1.29, 1.82) is 0 Å². The number of rotatable bonds is 7. The fourth-order valence-electron chi connectivity index (χ4n) is 3.82. The van der Waals surface area contributed by atoms with Crippen LogP contribution in [-0.2, 0) is 10.0 Å². The number of nitrogens with one attached hydrogen (secondary N) is 2. The second-order valence-corrected chi connectivity index (χ2v) is 10.8. The molecule has 0 bridgehead atoms. The highest BCUT2D eigenvalue weighted by atomic mass is 32.2. The Hall–Kier alpha value is -0.510. The number of aliphatic imine (C=N–C) groups is 1. The lowest BCUT2D eigenvalue weighted by Gasteiger charge is -2.25. The summed E-state index contributed by atoms with van der Waals surface area (Å²) >= 11 is 1.82. The standard InChI is InChI=1S/C17H33N5O2S2/c1-3-18-17(20-15-12-14(2)22(13-15)16-4-5-16)19-6-11-26(23,24)21-7-9-25-10-8-21/h14-16H,3-13H2,1-2H3,(H2,18,19,20). The third-order valence-corrected chi connectivity index (χ3v) is 8.10. The summed E-state index contributed by atoms with van der Waals surface area (Å²) in [6, 6.07) is 1.78. The molecule has 26 heavy (non-hydrogen) atoms. The number of guanidine groups is 1. The van der Waals surface area contributed by atoms with E-state index in [2.05, 4.69) is 27.4 Å². The molecule has 1 saturated carbocycles. The Bertz CT molecular complexity index is 588.